The molecule has 154 valence electrons. The number of halogens is 2. The van der Waals surface area contributed by atoms with Crippen LogP contribution in [0.25, 0.3) is 0 Å². The first-order valence-corrected chi connectivity index (χ1v) is 11.1. The van der Waals surface area contributed by atoms with Gasteiger partial charge in [0.15, 0.2) is 0 Å². The molecule has 4 rings (SSSR count). The maximum Gasteiger partial charge on any atom is 0.131 e. The minimum absolute atomic E-state index is 0.285. The summed E-state index contributed by atoms with van der Waals surface area (Å²) in [5, 5.41) is 14.3. The van der Waals surface area contributed by atoms with Crippen LogP contribution in [0.15, 0.2) is 75.4 Å². The van der Waals surface area contributed by atoms with Crippen LogP contribution < -0.4 is 5.32 Å². The Hall–Kier alpha value is -2.18. The molecule has 0 saturated carbocycles. The fourth-order valence-electron chi connectivity index (χ4n) is 3.31. The molecule has 0 bridgehead atoms. The zero-order valence-corrected chi connectivity index (χ0v) is 18.1. The number of nitrogens with one attached hydrogen (secondary N) is 1. The molecular formula is C24H22ClFN2OS. The highest BCUT2D eigenvalue weighted by Gasteiger charge is 2.20. The Labute approximate surface area is 185 Å². The maximum atomic E-state index is 14.0. The fraction of sp³-hybridized carbons (Fsp3) is 0.208. The molecule has 0 saturated heterocycles. The second-order valence-electron chi connectivity index (χ2n) is 7.15. The number of hydrogen-bond donors (Lipinski definition) is 2. The zero-order chi connectivity index (χ0) is 21.1. The smallest absolute Gasteiger partial charge is 0.131 e. The number of unbranched alkanes of at least 4 members (excludes halogenated alkanes) is 1. The first-order chi connectivity index (χ1) is 14.5. The number of aliphatic hydroxyl groups excluding tert-OH is 1. The molecule has 0 radical (unpaired) electrons. The molecule has 1 atom stereocenters. The van der Waals surface area contributed by atoms with Crippen LogP contribution >= 0.6 is 23.4 Å². The van der Waals surface area contributed by atoms with Gasteiger partial charge in [0.2, 0.25) is 0 Å². The van der Waals surface area contributed by atoms with E-state index in [-0.39, 0.29) is 5.82 Å². The van der Waals surface area contributed by atoms with Crippen LogP contribution in [0.3, 0.4) is 0 Å². The van der Waals surface area contributed by atoms with E-state index in [4.69, 9.17) is 16.6 Å². The van der Waals surface area contributed by atoms with Gasteiger partial charge in [0.25, 0.3) is 0 Å². The van der Waals surface area contributed by atoms with Crippen LogP contribution in [0.5, 0.6) is 0 Å². The van der Waals surface area contributed by atoms with Gasteiger partial charge in [0, 0.05) is 25.9 Å². The number of aliphatic imine (C=N–C) groups is 1. The number of benzene rings is 3. The maximum absolute atomic E-state index is 14.0. The van der Waals surface area contributed by atoms with Gasteiger partial charge in [0.05, 0.1) is 11.4 Å². The predicted octanol–water partition coefficient (Wildman–Crippen LogP) is 6.49. The van der Waals surface area contributed by atoms with E-state index in [0.717, 1.165) is 57.3 Å². The minimum Gasteiger partial charge on any atom is -0.374 e. The van der Waals surface area contributed by atoms with Crippen LogP contribution in [0.1, 0.15) is 42.7 Å². The van der Waals surface area contributed by atoms with Crippen LogP contribution in [-0.2, 0) is 0 Å². The number of nitrogens with zero attached hydrogens (tertiary/aromatic N) is 1. The molecule has 3 nitrogen and oxygen atoms in total. The van der Waals surface area contributed by atoms with Crippen molar-refractivity contribution in [1.29, 1.82) is 0 Å². The molecule has 1 heterocycles. The quantitative estimate of drug-likeness (QED) is 0.266. The van der Waals surface area contributed by atoms with Gasteiger partial charge >= 0.3 is 0 Å². The SMILES string of the molecule is CCCCNC(O)c1ccc2c(c1)N=C(c1ccc(Cl)cc1)c1ccc(F)cc1S2. The molecule has 1 aliphatic rings. The van der Waals surface area contributed by atoms with Gasteiger partial charge in [-0.05, 0) is 61.0 Å². The summed E-state index contributed by atoms with van der Waals surface area (Å²) in [6.45, 7) is 2.86. The lowest BCUT2D eigenvalue weighted by Crippen LogP contribution is -2.21. The Morgan fingerprint density at radius 2 is 1.87 bits per heavy atom. The molecular weight excluding hydrogens is 419 g/mol. The van der Waals surface area contributed by atoms with Crippen LogP contribution in [0.2, 0.25) is 5.02 Å². The van der Waals surface area contributed by atoms with E-state index in [1.165, 1.54) is 23.9 Å². The molecule has 3 aromatic carbocycles. The number of fused-ring (bicyclic) bond motifs is 2. The van der Waals surface area contributed by atoms with Gasteiger partial charge in [-0.3, -0.25) is 5.32 Å². The molecule has 2 N–H and O–H groups in total. The fourth-order valence-corrected chi connectivity index (χ4v) is 4.47. The van der Waals surface area contributed by atoms with Crippen molar-refractivity contribution < 1.29 is 9.50 Å². The van der Waals surface area contributed by atoms with E-state index >= 15 is 0 Å². The summed E-state index contributed by atoms with van der Waals surface area (Å²) >= 11 is 7.54. The Morgan fingerprint density at radius 3 is 2.63 bits per heavy atom. The largest absolute Gasteiger partial charge is 0.374 e. The molecule has 0 aliphatic carbocycles. The minimum atomic E-state index is -0.760. The summed E-state index contributed by atoms with van der Waals surface area (Å²) in [5.41, 5.74) is 4.01. The second-order valence-corrected chi connectivity index (χ2v) is 8.67. The molecule has 1 aliphatic heterocycles. The van der Waals surface area contributed by atoms with Crippen molar-refractivity contribution in [2.45, 2.75) is 35.8 Å². The standard InChI is InChI=1S/C24H22ClFN2OS/c1-2-3-12-27-24(29)16-6-11-21-20(13-16)28-23(15-4-7-17(25)8-5-15)19-10-9-18(26)14-22(19)30-21/h4-11,13-14,24,27,29H,2-3,12H2,1H3. The van der Waals surface area contributed by atoms with Gasteiger partial charge in [-0.2, -0.15) is 0 Å². The van der Waals surface area contributed by atoms with Crippen LogP contribution in [-0.4, -0.2) is 17.4 Å². The van der Waals surface area contributed by atoms with E-state index in [1.807, 2.05) is 42.5 Å². The molecule has 1 unspecified atom stereocenters. The van der Waals surface area contributed by atoms with Crippen molar-refractivity contribution in [2.75, 3.05) is 6.54 Å². The lowest BCUT2D eigenvalue weighted by molar-refractivity contribution is 0.139. The highest BCUT2D eigenvalue weighted by Crippen LogP contribution is 2.42. The summed E-state index contributed by atoms with van der Waals surface area (Å²) < 4.78 is 14.0. The van der Waals surface area contributed by atoms with Crippen molar-refractivity contribution in [3.05, 3.63) is 88.2 Å². The van der Waals surface area contributed by atoms with Crippen molar-refractivity contribution in [1.82, 2.24) is 5.32 Å². The van der Waals surface area contributed by atoms with Crippen molar-refractivity contribution in [2.24, 2.45) is 4.99 Å². The summed E-state index contributed by atoms with van der Waals surface area (Å²) in [6.07, 6.45) is 1.30. The third-order valence-corrected chi connectivity index (χ3v) is 6.31. The molecule has 0 fully saturated rings. The molecule has 3 aromatic rings. The van der Waals surface area contributed by atoms with Gasteiger partial charge < -0.3 is 5.11 Å². The van der Waals surface area contributed by atoms with E-state index < -0.39 is 6.23 Å². The van der Waals surface area contributed by atoms with Gasteiger partial charge in [-0.15, -0.1) is 0 Å². The third kappa shape index (κ3) is 4.60. The summed E-state index contributed by atoms with van der Waals surface area (Å²) in [6, 6.07) is 17.9. The lowest BCUT2D eigenvalue weighted by Gasteiger charge is -2.14. The average molecular weight is 441 g/mol. The van der Waals surface area contributed by atoms with E-state index in [0.29, 0.717) is 5.02 Å². The Bertz CT molecular complexity index is 1090. The van der Waals surface area contributed by atoms with Gasteiger partial charge in [-0.25, -0.2) is 9.38 Å². The number of hydrogen-bond acceptors (Lipinski definition) is 4. The van der Waals surface area contributed by atoms with Crippen molar-refractivity contribution in [3.8, 4) is 0 Å². The van der Waals surface area contributed by atoms with E-state index in [2.05, 4.69) is 12.2 Å². The first-order valence-electron chi connectivity index (χ1n) is 9.93. The molecule has 0 spiro atoms. The Morgan fingerprint density at radius 1 is 1.07 bits per heavy atom. The summed E-state index contributed by atoms with van der Waals surface area (Å²) in [4.78, 5) is 6.66. The Kier molecular flexibility index (Phi) is 6.54. The van der Waals surface area contributed by atoms with Crippen LogP contribution in [0.4, 0.5) is 10.1 Å². The molecule has 6 heteroatoms. The lowest BCUT2D eigenvalue weighted by atomic mass is 10.0. The Balaban J connectivity index is 1.79. The van der Waals surface area contributed by atoms with Gasteiger partial charge in [-0.1, -0.05) is 54.9 Å². The average Bonchev–Trinajstić information content (AvgIpc) is 2.90. The highest BCUT2D eigenvalue weighted by atomic mass is 35.5. The summed E-state index contributed by atoms with van der Waals surface area (Å²) in [5.74, 6) is -0.285. The molecule has 0 amide bonds. The summed E-state index contributed by atoms with van der Waals surface area (Å²) in [7, 11) is 0. The topological polar surface area (TPSA) is 44.6 Å². The number of rotatable bonds is 6. The third-order valence-electron chi connectivity index (χ3n) is 4.94. The van der Waals surface area contributed by atoms with Gasteiger partial charge in [0.1, 0.15) is 12.0 Å². The predicted molar refractivity (Wildman–Crippen MR) is 122 cm³/mol. The van der Waals surface area contributed by atoms with Crippen LogP contribution in [0, 0.1) is 5.82 Å². The van der Waals surface area contributed by atoms with E-state index in [9.17, 15) is 9.50 Å². The second kappa shape index (κ2) is 9.31. The molecule has 0 aromatic heterocycles. The first kappa shape index (κ1) is 21.1. The molecule has 30 heavy (non-hydrogen) atoms. The zero-order valence-electron chi connectivity index (χ0n) is 16.5. The number of aliphatic hydroxyl groups is 1. The van der Waals surface area contributed by atoms with E-state index in [1.54, 1.807) is 6.07 Å². The normalized spacial score (nSPS) is 13.8. The van der Waals surface area contributed by atoms with Crippen molar-refractivity contribution in [3.63, 3.8) is 0 Å². The highest BCUT2D eigenvalue weighted by molar-refractivity contribution is 7.99. The van der Waals surface area contributed by atoms with Crippen molar-refractivity contribution >= 4 is 34.8 Å². The monoisotopic (exact) mass is 440 g/mol.